The van der Waals surface area contributed by atoms with Gasteiger partial charge in [-0.1, -0.05) is 24.8 Å². The van der Waals surface area contributed by atoms with E-state index in [9.17, 15) is 4.79 Å². The van der Waals surface area contributed by atoms with Gasteiger partial charge in [0.25, 0.3) is 0 Å². The van der Waals surface area contributed by atoms with Crippen molar-refractivity contribution in [1.82, 2.24) is 9.59 Å². The summed E-state index contributed by atoms with van der Waals surface area (Å²) in [6.07, 6.45) is 1.95. The molecule has 2 rings (SSSR count). The maximum Gasteiger partial charge on any atom is 0.352 e. The van der Waals surface area contributed by atoms with Crippen molar-refractivity contribution < 1.29 is 14.3 Å². The standard InChI is InChI=1S/C16H20N2O3S/c1-4-11(2)9-10-21-16(19)15-14(17-18-22-15)12-5-7-13(20-3)8-6-12/h5-8,11H,4,9-10H2,1-3H3/t11-/m0/s1. The van der Waals surface area contributed by atoms with Crippen molar-refractivity contribution in [2.24, 2.45) is 5.92 Å². The normalized spacial score (nSPS) is 12.0. The first-order valence-corrected chi connectivity index (χ1v) is 8.07. The summed E-state index contributed by atoms with van der Waals surface area (Å²) in [4.78, 5) is 12.6. The van der Waals surface area contributed by atoms with Crippen molar-refractivity contribution in [3.05, 3.63) is 29.1 Å². The summed E-state index contributed by atoms with van der Waals surface area (Å²) >= 11 is 1.06. The van der Waals surface area contributed by atoms with E-state index in [-0.39, 0.29) is 5.97 Å². The lowest BCUT2D eigenvalue weighted by Gasteiger charge is -2.08. The number of ether oxygens (including phenoxy) is 2. The maximum absolute atomic E-state index is 12.2. The first kappa shape index (κ1) is 16.4. The topological polar surface area (TPSA) is 61.3 Å². The minimum atomic E-state index is -0.357. The van der Waals surface area contributed by atoms with Crippen LogP contribution in [-0.2, 0) is 4.74 Å². The van der Waals surface area contributed by atoms with Crippen LogP contribution in [0.1, 0.15) is 36.4 Å². The van der Waals surface area contributed by atoms with Gasteiger partial charge in [-0.05, 0) is 48.1 Å². The molecular formula is C16H20N2O3S. The minimum Gasteiger partial charge on any atom is -0.497 e. The smallest absolute Gasteiger partial charge is 0.352 e. The van der Waals surface area contributed by atoms with Crippen molar-refractivity contribution in [3.8, 4) is 17.0 Å². The van der Waals surface area contributed by atoms with Crippen LogP contribution < -0.4 is 4.74 Å². The molecule has 22 heavy (non-hydrogen) atoms. The summed E-state index contributed by atoms with van der Waals surface area (Å²) in [5.41, 5.74) is 1.38. The Balaban J connectivity index is 2.06. The average molecular weight is 320 g/mol. The molecule has 0 aliphatic rings. The van der Waals surface area contributed by atoms with Gasteiger partial charge in [0.15, 0.2) is 4.88 Å². The molecule has 5 nitrogen and oxygen atoms in total. The Bertz CT molecular complexity index is 610. The van der Waals surface area contributed by atoms with Crippen LogP contribution in [0.2, 0.25) is 0 Å². The van der Waals surface area contributed by atoms with Gasteiger partial charge >= 0.3 is 5.97 Å². The lowest BCUT2D eigenvalue weighted by atomic mass is 10.1. The fourth-order valence-corrected chi connectivity index (χ4v) is 2.47. The molecule has 1 atom stereocenters. The quantitative estimate of drug-likeness (QED) is 0.726. The van der Waals surface area contributed by atoms with E-state index < -0.39 is 0 Å². The molecule has 0 radical (unpaired) electrons. The number of esters is 1. The Hall–Kier alpha value is -1.95. The van der Waals surface area contributed by atoms with Crippen molar-refractivity contribution in [1.29, 1.82) is 0 Å². The highest BCUT2D eigenvalue weighted by Gasteiger charge is 2.19. The SMILES string of the molecule is CC[C@H](C)CCOC(=O)c1snnc1-c1ccc(OC)cc1. The van der Waals surface area contributed by atoms with Gasteiger partial charge in [0.2, 0.25) is 0 Å². The minimum absolute atomic E-state index is 0.357. The molecule has 0 aliphatic carbocycles. The summed E-state index contributed by atoms with van der Waals surface area (Å²) in [7, 11) is 1.61. The summed E-state index contributed by atoms with van der Waals surface area (Å²) in [6, 6.07) is 7.36. The fourth-order valence-electron chi connectivity index (χ4n) is 1.88. The van der Waals surface area contributed by atoms with E-state index in [0.29, 0.717) is 23.1 Å². The summed E-state index contributed by atoms with van der Waals surface area (Å²) in [6.45, 7) is 4.69. The number of nitrogens with zero attached hydrogens (tertiary/aromatic N) is 2. The number of hydrogen-bond donors (Lipinski definition) is 0. The largest absolute Gasteiger partial charge is 0.497 e. The van der Waals surface area contributed by atoms with Crippen LogP contribution in [0.3, 0.4) is 0 Å². The maximum atomic E-state index is 12.2. The van der Waals surface area contributed by atoms with Gasteiger partial charge in [-0.3, -0.25) is 0 Å². The molecule has 1 aromatic carbocycles. The van der Waals surface area contributed by atoms with Gasteiger partial charge < -0.3 is 9.47 Å². The van der Waals surface area contributed by atoms with Crippen LogP contribution >= 0.6 is 11.5 Å². The van der Waals surface area contributed by atoms with Crippen molar-refractivity contribution in [3.63, 3.8) is 0 Å². The van der Waals surface area contributed by atoms with Crippen LogP contribution in [0.5, 0.6) is 5.75 Å². The average Bonchev–Trinajstić information content (AvgIpc) is 3.04. The molecule has 0 fully saturated rings. The zero-order valence-corrected chi connectivity index (χ0v) is 13.9. The van der Waals surface area contributed by atoms with Crippen LogP contribution in [0.15, 0.2) is 24.3 Å². The van der Waals surface area contributed by atoms with Crippen LogP contribution in [-0.4, -0.2) is 29.3 Å². The highest BCUT2D eigenvalue weighted by Crippen LogP contribution is 2.26. The van der Waals surface area contributed by atoms with E-state index in [1.807, 2.05) is 24.3 Å². The molecule has 0 N–H and O–H groups in total. The molecule has 0 unspecified atom stereocenters. The molecule has 1 heterocycles. The second-order valence-corrected chi connectivity index (χ2v) is 5.87. The third kappa shape index (κ3) is 4.04. The third-order valence-corrected chi connectivity index (χ3v) is 4.28. The third-order valence-electron chi connectivity index (χ3n) is 3.58. The molecular weight excluding hydrogens is 300 g/mol. The van der Waals surface area contributed by atoms with Gasteiger partial charge in [-0.25, -0.2) is 4.79 Å². The van der Waals surface area contributed by atoms with E-state index in [2.05, 4.69) is 23.4 Å². The molecule has 2 aromatic rings. The summed E-state index contributed by atoms with van der Waals surface area (Å²) in [5, 5.41) is 4.05. The van der Waals surface area contributed by atoms with Gasteiger partial charge in [0, 0.05) is 5.56 Å². The lowest BCUT2D eigenvalue weighted by molar-refractivity contribution is 0.0491. The molecule has 1 aromatic heterocycles. The summed E-state index contributed by atoms with van der Waals surface area (Å²) < 4.78 is 14.3. The molecule has 0 aliphatic heterocycles. The first-order chi connectivity index (χ1) is 10.7. The molecule has 0 saturated carbocycles. The Morgan fingerprint density at radius 1 is 1.32 bits per heavy atom. The number of aromatic nitrogens is 2. The monoisotopic (exact) mass is 320 g/mol. The number of methoxy groups -OCH3 is 1. The number of carbonyl (C=O) groups is 1. The van der Waals surface area contributed by atoms with E-state index in [1.165, 1.54) is 0 Å². The van der Waals surface area contributed by atoms with E-state index in [1.54, 1.807) is 7.11 Å². The number of hydrogen-bond acceptors (Lipinski definition) is 6. The van der Waals surface area contributed by atoms with Crippen LogP contribution in [0.4, 0.5) is 0 Å². The number of benzene rings is 1. The molecule has 0 spiro atoms. The van der Waals surface area contributed by atoms with Gasteiger partial charge in [-0.2, -0.15) is 0 Å². The van der Waals surface area contributed by atoms with Crippen LogP contribution in [0.25, 0.3) is 11.3 Å². The molecule has 0 saturated heterocycles. The predicted molar refractivity (Wildman–Crippen MR) is 86.3 cm³/mol. The lowest BCUT2D eigenvalue weighted by Crippen LogP contribution is -2.08. The van der Waals surface area contributed by atoms with Gasteiger partial charge in [-0.15, -0.1) is 5.10 Å². The van der Waals surface area contributed by atoms with Gasteiger partial charge in [0.1, 0.15) is 11.4 Å². The zero-order valence-electron chi connectivity index (χ0n) is 13.0. The molecule has 118 valence electrons. The van der Waals surface area contributed by atoms with Crippen molar-refractivity contribution in [2.45, 2.75) is 26.7 Å². The van der Waals surface area contributed by atoms with Gasteiger partial charge in [0.05, 0.1) is 13.7 Å². The Labute approximate surface area is 134 Å². The first-order valence-electron chi connectivity index (χ1n) is 7.29. The molecule has 0 amide bonds. The van der Waals surface area contributed by atoms with E-state index in [0.717, 1.165) is 35.7 Å². The second-order valence-electron chi connectivity index (χ2n) is 5.12. The second kappa shape index (κ2) is 7.89. The number of carbonyl (C=O) groups excluding carboxylic acids is 1. The van der Waals surface area contributed by atoms with E-state index >= 15 is 0 Å². The predicted octanol–water partition coefficient (Wildman–Crippen LogP) is 3.81. The Kier molecular flexibility index (Phi) is 5.89. The van der Waals surface area contributed by atoms with Crippen molar-refractivity contribution in [2.75, 3.05) is 13.7 Å². The molecule has 0 bridgehead atoms. The summed E-state index contributed by atoms with van der Waals surface area (Å²) in [5.74, 6) is 0.946. The van der Waals surface area contributed by atoms with Crippen molar-refractivity contribution >= 4 is 17.5 Å². The highest BCUT2D eigenvalue weighted by atomic mass is 32.1. The Morgan fingerprint density at radius 3 is 2.68 bits per heavy atom. The molecule has 6 heteroatoms. The Morgan fingerprint density at radius 2 is 2.05 bits per heavy atom. The fraction of sp³-hybridized carbons (Fsp3) is 0.438. The highest BCUT2D eigenvalue weighted by molar-refractivity contribution is 7.08. The van der Waals surface area contributed by atoms with Crippen LogP contribution in [0, 0.1) is 5.92 Å². The zero-order chi connectivity index (χ0) is 15.9. The number of rotatable bonds is 7. The van der Waals surface area contributed by atoms with E-state index in [4.69, 9.17) is 9.47 Å².